The Labute approximate surface area is 223 Å². The Morgan fingerprint density at radius 3 is 2.68 bits per heavy atom. The number of rotatable bonds is 8. The number of nitrogens with zero attached hydrogens (tertiary/aromatic N) is 3. The molecule has 0 saturated carbocycles. The summed E-state index contributed by atoms with van der Waals surface area (Å²) in [5.41, 5.74) is 2.77. The fourth-order valence-corrected chi connectivity index (χ4v) is 3.76. The standard InChI is InChI=1S/C26H24ClN7O4/c1-36-22-11-18(32-26(35)30-14-16-3-2-8-28-13-16)4-6-20(22)33-25-29-15-19(27)24(34-25)31-17-5-7-21-23(12-17)38-10-9-37-21/h2-8,11-13,15H,9-10,14H2,1H3,(H2,30,32,35)(H2,29,31,33,34). The van der Waals surface area contributed by atoms with Crippen molar-refractivity contribution in [1.82, 2.24) is 20.3 Å². The summed E-state index contributed by atoms with van der Waals surface area (Å²) in [5.74, 6) is 2.52. The molecule has 1 aliphatic heterocycles. The van der Waals surface area contributed by atoms with Crippen molar-refractivity contribution in [3.05, 3.63) is 77.7 Å². The first-order chi connectivity index (χ1) is 18.6. The van der Waals surface area contributed by atoms with Crippen molar-refractivity contribution in [3.63, 3.8) is 0 Å². The average molecular weight is 534 g/mol. The number of hydrogen-bond acceptors (Lipinski definition) is 9. The first-order valence-electron chi connectivity index (χ1n) is 11.7. The van der Waals surface area contributed by atoms with Crippen molar-refractivity contribution >= 4 is 46.5 Å². The molecule has 1 aliphatic rings. The van der Waals surface area contributed by atoms with Gasteiger partial charge in [0.25, 0.3) is 0 Å². The topological polar surface area (TPSA) is 132 Å². The number of urea groups is 1. The molecule has 12 heteroatoms. The number of anilines is 5. The molecule has 0 unspecified atom stereocenters. The van der Waals surface area contributed by atoms with Gasteiger partial charge >= 0.3 is 6.03 Å². The lowest BCUT2D eigenvalue weighted by Gasteiger charge is -2.19. The Bertz CT molecular complexity index is 1440. The van der Waals surface area contributed by atoms with Crippen LogP contribution < -0.4 is 35.5 Å². The highest BCUT2D eigenvalue weighted by molar-refractivity contribution is 6.32. The zero-order valence-corrected chi connectivity index (χ0v) is 21.1. The van der Waals surface area contributed by atoms with Gasteiger partial charge in [0.2, 0.25) is 5.95 Å². The fourth-order valence-electron chi connectivity index (χ4n) is 3.63. The Balaban J connectivity index is 1.25. The normalized spacial score (nSPS) is 11.8. The van der Waals surface area contributed by atoms with Crippen LogP contribution in [0.1, 0.15) is 5.56 Å². The molecule has 5 rings (SSSR count). The summed E-state index contributed by atoms with van der Waals surface area (Å²) in [6, 6.07) is 14.0. The third kappa shape index (κ3) is 6.13. The van der Waals surface area contributed by atoms with Crippen LogP contribution in [0.5, 0.6) is 17.2 Å². The number of benzene rings is 2. The molecular formula is C26H24ClN7O4. The van der Waals surface area contributed by atoms with Gasteiger partial charge in [0.15, 0.2) is 17.3 Å². The van der Waals surface area contributed by atoms with Crippen LogP contribution in [0.25, 0.3) is 0 Å². The third-order valence-corrected chi connectivity index (χ3v) is 5.71. The molecule has 0 fully saturated rings. The third-order valence-electron chi connectivity index (χ3n) is 5.43. The Kier molecular flexibility index (Phi) is 7.55. The van der Waals surface area contributed by atoms with E-state index in [0.29, 0.717) is 65.2 Å². The van der Waals surface area contributed by atoms with Crippen LogP contribution in [0.2, 0.25) is 5.02 Å². The summed E-state index contributed by atoms with van der Waals surface area (Å²) in [5, 5.41) is 12.2. The zero-order chi connectivity index (χ0) is 26.3. The van der Waals surface area contributed by atoms with Gasteiger partial charge in [-0.2, -0.15) is 4.98 Å². The largest absolute Gasteiger partial charge is 0.494 e. The van der Waals surface area contributed by atoms with E-state index in [2.05, 4.69) is 36.2 Å². The SMILES string of the molecule is COc1cc(NC(=O)NCc2cccnc2)ccc1Nc1ncc(Cl)c(Nc2ccc3c(c2)OCCO3)n1. The number of pyridine rings is 1. The molecule has 0 saturated heterocycles. The first kappa shape index (κ1) is 24.9. The van der Waals surface area contributed by atoms with Crippen molar-refractivity contribution in [3.8, 4) is 17.2 Å². The molecule has 4 aromatic rings. The number of carbonyl (C=O) groups is 1. The van der Waals surface area contributed by atoms with Crippen molar-refractivity contribution < 1.29 is 19.0 Å². The lowest BCUT2D eigenvalue weighted by atomic mass is 10.2. The monoisotopic (exact) mass is 533 g/mol. The molecule has 4 N–H and O–H groups in total. The molecule has 2 amide bonds. The van der Waals surface area contributed by atoms with Crippen LogP contribution in [0.15, 0.2) is 67.1 Å². The van der Waals surface area contributed by atoms with E-state index in [4.69, 9.17) is 25.8 Å². The highest BCUT2D eigenvalue weighted by Gasteiger charge is 2.14. The number of ether oxygens (including phenoxy) is 3. The van der Waals surface area contributed by atoms with Crippen molar-refractivity contribution in [1.29, 1.82) is 0 Å². The summed E-state index contributed by atoms with van der Waals surface area (Å²) in [6.45, 7) is 1.37. The van der Waals surface area contributed by atoms with E-state index in [1.165, 1.54) is 13.3 Å². The fraction of sp³-hybridized carbons (Fsp3) is 0.154. The summed E-state index contributed by atoms with van der Waals surface area (Å²) in [7, 11) is 1.53. The lowest BCUT2D eigenvalue weighted by molar-refractivity contribution is 0.171. The molecule has 2 aromatic carbocycles. The summed E-state index contributed by atoms with van der Waals surface area (Å²) in [6.07, 6.45) is 4.87. The maximum Gasteiger partial charge on any atom is 0.319 e. The predicted molar refractivity (Wildman–Crippen MR) is 144 cm³/mol. The maximum absolute atomic E-state index is 12.3. The van der Waals surface area contributed by atoms with Gasteiger partial charge in [0.05, 0.1) is 19.0 Å². The molecule has 0 spiro atoms. The maximum atomic E-state index is 12.3. The van der Waals surface area contributed by atoms with Crippen LogP contribution in [-0.2, 0) is 6.54 Å². The highest BCUT2D eigenvalue weighted by atomic mass is 35.5. The summed E-state index contributed by atoms with van der Waals surface area (Å²) >= 11 is 6.34. The van der Waals surface area contributed by atoms with Gasteiger partial charge in [-0.05, 0) is 35.9 Å². The minimum absolute atomic E-state index is 0.294. The van der Waals surface area contributed by atoms with Crippen molar-refractivity contribution in [2.75, 3.05) is 36.3 Å². The van der Waals surface area contributed by atoms with E-state index in [1.54, 1.807) is 30.6 Å². The lowest BCUT2D eigenvalue weighted by Crippen LogP contribution is -2.28. The Morgan fingerprint density at radius 2 is 1.87 bits per heavy atom. The molecule has 3 heterocycles. The summed E-state index contributed by atoms with van der Waals surface area (Å²) in [4.78, 5) is 25.1. The number of fused-ring (bicyclic) bond motifs is 1. The molecule has 0 aliphatic carbocycles. The van der Waals surface area contributed by atoms with E-state index >= 15 is 0 Å². The number of nitrogens with one attached hydrogen (secondary N) is 4. The van der Waals surface area contributed by atoms with E-state index < -0.39 is 0 Å². The van der Waals surface area contributed by atoms with Gasteiger partial charge in [0.1, 0.15) is 24.0 Å². The van der Waals surface area contributed by atoms with Crippen molar-refractivity contribution in [2.45, 2.75) is 6.54 Å². The molecule has 0 radical (unpaired) electrons. The van der Waals surface area contributed by atoms with Crippen LogP contribution >= 0.6 is 11.6 Å². The van der Waals surface area contributed by atoms with Gasteiger partial charge in [-0.15, -0.1) is 0 Å². The molecule has 194 valence electrons. The second-order valence-electron chi connectivity index (χ2n) is 8.08. The van der Waals surface area contributed by atoms with E-state index in [1.807, 2.05) is 30.3 Å². The molecule has 38 heavy (non-hydrogen) atoms. The predicted octanol–water partition coefficient (Wildman–Crippen LogP) is 5.11. The summed E-state index contributed by atoms with van der Waals surface area (Å²) < 4.78 is 16.7. The molecule has 11 nitrogen and oxygen atoms in total. The van der Waals surface area contributed by atoms with E-state index in [0.717, 1.165) is 11.3 Å². The number of hydrogen-bond donors (Lipinski definition) is 4. The molecule has 0 bridgehead atoms. The quantitative estimate of drug-likeness (QED) is 0.244. The molecule has 0 atom stereocenters. The Hall–Kier alpha value is -4.77. The van der Waals surface area contributed by atoms with E-state index in [9.17, 15) is 4.79 Å². The van der Waals surface area contributed by atoms with Crippen LogP contribution in [0, 0.1) is 0 Å². The molecular weight excluding hydrogens is 510 g/mol. The second kappa shape index (κ2) is 11.5. The number of carbonyl (C=O) groups excluding carboxylic acids is 1. The van der Waals surface area contributed by atoms with Gasteiger partial charge in [0, 0.05) is 42.4 Å². The van der Waals surface area contributed by atoms with Gasteiger partial charge < -0.3 is 35.5 Å². The van der Waals surface area contributed by atoms with Gasteiger partial charge in [-0.25, -0.2) is 9.78 Å². The number of aromatic nitrogens is 3. The first-order valence-corrected chi connectivity index (χ1v) is 12.0. The second-order valence-corrected chi connectivity index (χ2v) is 8.49. The van der Waals surface area contributed by atoms with Gasteiger partial charge in [-0.1, -0.05) is 17.7 Å². The minimum atomic E-state index is -0.354. The average Bonchev–Trinajstić information content (AvgIpc) is 2.95. The number of methoxy groups -OCH3 is 1. The zero-order valence-electron chi connectivity index (χ0n) is 20.3. The number of amides is 2. The van der Waals surface area contributed by atoms with Crippen LogP contribution in [-0.4, -0.2) is 41.3 Å². The smallest absolute Gasteiger partial charge is 0.319 e. The number of halogens is 1. The van der Waals surface area contributed by atoms with Crippen LogP contribution in [0.3, 0.4) is 0 Å². The van der Waals surface area contributed by atoms with Crippen molar-refractivity contribution in [2.24, 2.45) is 0 Å². The Morgan fingerprint density at radius 1 is 1.03 bits per heavy atom. The minimum Gasteiger partial charge on any atom is -0.494 e. The molecule has 2 aromatic heterocycles. The van der Waals surface area contributed by atoms with Crippen LogP contribution in [0.4, 0.5) is 33.6 Å². The van der Waals surface area contributed by atoms with Gasteiger partial charge in [-0.3, -0.25) is 4.98 Å². The van der Waals surface area contributed by atoms with E-state index in [-0.39, 0.29) is 6.03 Å². The highest BCUT2D eigenvalue weighted by Crippen LogP contribution is 2.35.